The van der Waals surface area contributed by atoms with Crippen LogP contribution in [-0.2, 0) is 57.2 Å². The lowest BCUT2D eigenvalue weighted by Gasteiger charge is -2.55. The van der Waals surface area contributed by atoms with Crippen molar-refractivity contribution in [2.75, 3.05) is 52.3 Å². The highest BCUT2D eigenvalue weighted by atomic mass is 16.6. The van der Waals surface area contributed by atoms with Gasteiger partial charge >= 0.3 is 29.8 Å². The molecule has 0 radical (unpaired) electrons. The van der Waals surface area contributed by atoms with Crippen LogP contribution in [0, 0.1) is 29.1 Å². The Balaban J connectivity index is 0.000000326. The number of likely N-dealkylation sites (tertiary alicyclic amines) is 2. The molecule has 4 N–H and O–H groups in total. The third-order valence-electron chi connectivity index (χ3n) is 26.3. The van der Waals surface area contributed by atoms with Gasteiger partial charge in [0.15, 0.2) is 0 Å². The number of ketones is 1. The monoisotopic (exact) mass is 1700 g/mol. The molecule has 5 saturated heterocycles. The Kier molecular flexibility index (Phi) is 39.0. The predicted octanol–water partition coefficient (Wildman–Crippen LogP) is 20.2. The topological polar surface area (TPSA) is 254 Å². The summed E-state index contributed by atoms with van der Waals surface area (Å²) in [5.74, 6) is 2.04. The number of methoxy groups -OCH3 is 1. The molecular formula is C99H182N10O12. The Morgan fingerprint density at radius 3 is 1.37 bits per heavy atom. The van der Waals surface area contributed by atoms with Gasteiger partial charge in [0.05, 0.1) is 30.9 Å². The van der Waals surface area contributed by atoms with E-state index in [0.29, 0.717) is 50.2 Å². The molecule has 22 heteroatoms. The number of hydrogen-bond donors (Lipinski definition) is 4. The third-order valence-corrected chi connectivity index (χ3v) is 26.3. The van der Waals surface area contributed by atoms with E-state index in [1.54, 1.807) is 7.11 Å². The van der Waals surface area contributed by atoms with Gasteiger partial charge in [-0.3, -0.25) is 33.8 Å². The van der Waals surface area contributed by atoms with Crippen LogP contribution in [-0.4, -0.2) is 204 Å². The summed E-state index contributed by atoms with van der Waals surface area (Å²) in [6.45, 7) is 71.3. The number of nitrogens with zero attached hydrogens (tertiary/aromatic N) is 6. The number of aromatic nitrogens is 3. The summed E-state index contributed by atoms with van der Waals surface area (Å²) in [5, 5.41) is 15.1. The highest BCUT2D eigenvalue weighted by Crippen LogP contribution is 2.48. The minimum Gasteiger partial charge on any atom is -0.464 e. The second-order valence-corrected chi connectivity index (χ2v) is 48.0. The van der Waals surface area contributed by atoms with E-state index in [4.69, 9.17) is 43.4 Å². The number of ether oxygens (including phenoxy) is 6. The molecule has 1 aromatic rings. The van der Waals surface area contributed by atoms with E-state index in [2.05, 4.69) is 230 Å². The van der Waals surface area contributed by atoms with E-state index in [-0.39, 0.29) is 159 Å². The van der Waals surface area contributed by atoms with Gasteiger partial charge < -0.3 is 59.4 Å². The van der Waals surface area contributed by atoms with Gasteiger partial charge in [-0.05, 0) is 305 Å². The average Bonchev–Trinajstić information content (AvgIpc) is 0.774. The van der Waals surface area contributed by atoms with Crippen molar-refractivity contribution in [3.05, 3.63) is 11.6 Å². The summed E-state index contributed by atoms with van der Waals surface area (Å²) in [6, 6.07) is 0.649. The Hall–Kier alpha value is -4.45. The van der Waals surface area contributed by atoms with Crippen LogP contribution in [0.3, 0.4) is 0 Å². The van der Waals surface area contributed by atoms with Crippen LogP contribution in [0.5, 0.6) is 0 Å². The van der Waals surface area contributed by atoms with Gasteiger partial charge in [-0.25, -0.2) is 4.98 Å². The molecule has 0 aromatic carbocycles. The molecule has 5 aliphatic heterocycles. The van der Waals surface area contributed by atoms with E-state index < -0.39 is 17.5 Å². The number of carbonyl (C=O) groups excluding carboxylic acids is 6. The number of Topliss-reactive ketones (excluding diaryl/α,β-unsaturated/α-hetero) is 1. The first-order valence-corrected chi connectivity index (χ1v) is 47.3. The summed E-state index contributed by atoms with van der Waals surface area (Å²) in [5.41, 5.74) is 0.255. The van der Waals surface area contributed by atoms with Gasteiger partial charge in [0, 0.05) is 120 Å². The Morgan fingerprint density at radius 2 is 0.901 bits per heavy atom. The molecule has 2 atom stereocenters. The quantitative estimate of drug-likeness (QED) is 0.0273. The number of nitrogens with one attached hydrogen (secondary N) is 4. The SMILES string of the molecule is CC1(C)CC(OC(=O)CCCCCCCCC(=O)OC2CC(C)(C)NC(C)(C)C2)CC(C)(C)C1.COC1CC(C)(C)N(CCOC(=O)CCC(=O)OCCN2C(C)(C)CCC(OC(=O)CCC(C)=O)C2(C)C)C(C)(C)C1.Cc1nc(NC(C)(C)CC(C)(C)C)nc(C(CCCCCCN(C)C2CC(C)(C)NC(C)(C)C2)C2CC(C)(C)NC(C)(C)C2)n1. The maximum absolute atomic E-state index is 12.4. The molecule has 700 valence electrons. The summed E-state index contributed by atoms with van der Waals surface area (Å²) >= 11 is 0. The zero-order valence-electron chi connectivity index (χ0n) is 83.6. The van der Waals surface area contributed by atoms with E-state index in [9.17, 15) is 28.8 Å². The van der Waals surface area contributed by atoms with Gasteiger partial charge in [0.1, 0.15) is 49.0 Å². The second kappa shape index (κ2) is 44.0. The van der Waals surface area contributed by atoms with Gasteiger partial charge in [-0.2, -0.15) is 9.97 Å². The third kappa shape index (κ3) is 38.6. The standard InChI is InChI=1S/C38H73N7.C32H56N2O8.C29H53NO4/c1-27-39-31(41-32(40-27)42-38(13,14)26-33(2,3)4)30(28-22-34(5,6)43-35(7,8)23-28)20-18-16-17-19-21-45(15)29-24-36(9,10)44-37(11,12)25-29;1-23(35)11-12-28(38)42-25-15-16-29(2,3)34(32(25,8)9)18-20-41-27(37)14-13-26(36)40-19-17-33-30(4,5)21-24(39-10)22-31(33,6)7;1-26(2)17-22(18-27(3,4)21-26)33-24(31)15-13-11-9-10-12-14-16-25(32)34-23-19-28(5,6)30-29(7,8)20-23/h28-30,43-44H,16-26H2,1-15H3,(H,39,40,41,42);24-25H,11-22H2,1-10H3;22-23,30H,9-21H2,1-8H3. The highest BCUT2D eigenvalue weighted by Gasteiger charge is 2.51. The van der Waals surface area contributed by atoms with Crippen molar-refractivity contribution in [3.8, 4) is 0 Å². The fraction of sp³-hybridized carbons (Fsp3) is 0.909. The van der Waals surface area contributed by atoms with Crippen LogP contribution in [0.4, 0.5) is 5.95 Å². The van der Waals surface area contributed by atoms with Crippen LogP contribution >= 0.6 is 0 Å². The van der Waals surface area contributed by atoms with Crippen molar-refractivity contribution in [3.63, 3.8) is 0 Å². The number of anilines is 1. The van der Waals surface area contributed by atoms with Crippen molar-refractivity contribution >= 4 is 41.6 Å². The largest absolute Gasteiger partial charge is 0.464 e. The molecule has 6 heterocycles. The number of aryl methyl sites for hydroxylation is 1. The molecule has 1 aliphatic carbocycles. The van der Waals surface area contributed by atoms with Crippen molar-refractivity contribution in [1.29, 1.82) is 0 Å². The fourth-order valence-corrected chi connectivity index (χ4v) is 23.4. The maximum Gasteiger partial charge on any atom is 0.306 e. The normalized spacial score (nSPS) is 23.4. The molecule has 7 rings (SSSR count). The van der Waals surface area contributed by atoms with E-state index in [1.165, 1.54) is 58.4 Å². The maximum atomic E-state index is 12.4. The van der Waals surface area contributed by atoms with Crippen LogP contribution in [0.1, 0.15) is 424 Å². The van der Waals surface area contributed by atoms with Crippen molar-refractivity contribution in [2.24, 2.45) is 22.2 Å². The van der Waals surface area contributed by atoms with E-state index in [0.717, 1.165) is 127 Å². The lowest BCUT2D eigenvalue weighted by Crippen LogP contribution is -2.65. The van der Waals surface area contributed by atoms with Crippen LogP contribution in [0.15, 0.2) is 0 Å². The van der Waals surface area contributed by atoms with Crippen molar-refractivity contribution in [2.45, 2.75) is 511 Å². The minimum absolute atomic E-state index is 0.00394. The summed E-state index contributed by atoms with van der Waals surface area (Å²) in [4.78, 5) is 95.2. The van der Waals surface area contributed by atoms with Crippen molar-refractivity contribution in [1.82, 2.24) is 45.6 Å². The number of rotatable bonds is 38. The number of piperidine rings is 5. The molecular weight excluding hydrogens is 1520 g/mol. The minimum atomic E-state index is -0.494. The molecule has 0 bridgehead atoms. The number of hydrogen-bond acceptors (Lipinski definition) is 22. The molecule has 0 amide bonds. The van der Waals surface area contributed by atoms with Crippen molar-refractivity contribution < 1.29 is 57.2 Å². The van der Waals surface area contributed by atoms with E-state index >= 15 is 0 Å². The van der Waals surface area contributed by atoms with Crippen LogP contribution in [0.25, 0.3) is 0 Å². The lowest BCUT2D eigenvalue weighted by molar-refractivity contribution is -0.172. The lowest BCUT2D eigenvalue weighted by atomic mass is 9.64. The Labute approximate surface area is 737 Å². The number of unbranched alkanes of at least 4 members (excludes halogenated alkanes) is 8. The fourth-order valence-electron chi connectivity index (χ4n) is 23.4. The molecule has 6 aliphatic rings. The predicted molar refractivity (Wildman–Crippen MR) is 492 cm³/mol. The van der Waals surface area contributed by atoms with Crippen LogP contribution in [0.2, 0.25) is 0 Å². The first kappa shape index (κ1) is 107. The summed E-state index contributed by atoms with van der Waals surface area (Å²) < 4.78 is 34.0. The first-order chi connectivity index (χ1) is 55.2. The van der Waals surface area contributed by atoms with Gasteiger partial charge in [0.2, 0.25) is 5.95 Å². The number of carbonyl (C=O) groups is 6. The molecule has 22 nitrogen and oxygen atoms in total. The highest BCUT2D eigenvalue weighted by molar-refractivity contribution is 5.81. The first-order valence-electron chi connectivity index (χ1n) is 47.3. The second-order valence-electron chi connectivity index (χ2n) is 48.0. The zero-order valence-corrected chi connectivity index (χ0v) is 83.6. The Bertz CT molecular complexity index is 3300. The molecule has 1 saturated carbocycles. The average molecular weight is 1700 g/mol. The molecule has 6 fully saturated rings. The van der Waals surface area contributed by atoms with Gasteiger partial charge in [0.25, 0.3) is 0 Å². The number of esters is 5. The van der Waals surface area contributed by atoms with Gasteiger partial charge in [-0.15, -0.1) is 0 Å². The van der Waals surface area contributed by atoms with Crippen LogP contribution < -0.4 is 21.3 Å². The molecule has 1 aromatic heterocycles. The smallest absolute Gasteiger partial charge is 0.306 e. The summed E-state index contributed by atoms with van der Waals surface area (Å²) in [7, 11) is 4.10. The summed E-state index contributed by atoms with van der Waals surface area (Å²) in [6.07, 6.45) is 27.3. The van der Waals surface area contributed by atoms with E-state index in [1.807, 2.05) is 20.8 Å². The molecule has 0 spiro atoms. The van der Waals surface area contributed by atoms with Gasteiger partial charge in [-0.1, -0.05) is 93.4 Å². The zero-order chi connectivity index (χ0) is 91.6. The molecule has 121 heavy (non-hydrogen) atoms. The Morgan fingerprint density at radius 1 is 0.479 bits per heavy atom. The molecule has 2 unspecified atom stereocenters.